The van der Waals surface area contributed by atoms with E-state index >= 15 is 0 Å². The minimum atomic E-state index is -1.11. The van der Waals surface area contributed by atoms with Gasteiger partial charge in [0.05, 0.1) is 19.3 Å². The lowest BCUT2D eigenvalue weighted by Crippen LogP contribution is -2.77. The summed E-state index contributed by atoms with van der Waals surface area (Å²) in [4.78, 5) is 19.3. The number of pyridine rings is 1. The fourth-order valence-electron chi connectivity index (χ4n) is 4.15. The standard InChI is InChI=1S/C24H36N2O6/c1-28-18-26-22-17-30-13-9-7-5-3-4-6-8-10-14-31-21-11-12-25-20(15-21)16-24(22,23(26)27)32-19-29-2/h3-4,11-12,15,22H,5-10,13-14,16-19H2,1-2H3/t22-,24+/m0/s1. The summed E-state index contributed by atoms with van der Waals surface area (Å²) in [5.41, 5.74) is -0.374. The van der Waals surface area contributed by atoms with Gasteiger partial charge in [-0.1, -0.05) is 12.2 Å². The van der Waals surface area contributed by atoms with Crippen LogP contribution < -0.4 is 4.74 Å². The van der Waals surface area contributed by atoms with Gasteiger partial charge in [-0.3, -0.25) is 9.78 Å². The predicted molar refractivity (Wildman–Crippen MR) is 119 cm³/mol. The molecule has 3 rings (SSSR count). The Morgan fingerprint density at radius 3 is 2.66 bits per heavy atom. The molecule has 0 saturated carbocycles. The number of methoxy groups -OCH3 is 2. The van der Waals surface area contributed by atoms with Crippen molar-refractivity contribution in [1.29, 1.82) is 0 Å². The second-order valence-electron chi connectivity index (χ2n) is 8.19. The van der Waals surface area contributed by atoms with Crippen molar-refractivity contribution in [1.82, 2.24) is 9.88 Å². The number of likely N-dealkylation sites (tertiary alicyclic amines) is 1. The molecular weight excluding hydrogens is 412 g/mol. The van der Waals surface area contributed by atoms with Crippen LogP contribution in [0.5, 0.6) is 5.75 Å². The van der Waals surface area contributed by atoms with Crippen molar-refractivity contribution in [2.45, 2.75) is 56.6 Å². The number of β-lactam (4-membered cyclic amide) rings is 1. The fraction of sp³-hybridized carbons (Fsp3) is 0.667. The number of rotatable bonds is 5. The molecule has 2 aliphatic heterocycles. The third-order valence-corrected chi connectivity index (χ3v) is 5.86. The number of amides is 1. The van der Waals surface area contributed by atoms with Gasteiger partial charge in [-0.2, -0.15) is 0 Å². The van der Waals surface area contributed by atoms with E-state index in [1.165, 1.54) is 0 Å². The van der Waals surface area contributed by atoms with Gasteiger partial charge in [0, 0.05) is 45.2 Å². The summed E-state index contributed by atoms with van der Waals surface area (Å²) in [5, 5.41) is 0. The van der Waals surface area contributed by atoms with Gasteiger partial charge in [-0.05, 0) is 44.6 Å². The molecule has 8 nitrogen and oxygen atoms in total. The third-order valence-electron chi connectivity index (χ3n) is 5.86. The highest BCUT2D eigenvalue weighted by molar-refractivity contribution is 5.93. The van der Waals surface area contributed by atoms with Crippen molar-refractivity contribution in [3.63, 3.8) is 0 Å². The van der Waals surface area contributed by atoms with Crippen LogP contribution in [0, 0.1) is 0 Å². The van der Waals surface area contributed by atoms with Crippen molar-refractivity contribution < 1.29 is 28.5 Å². The molecule has 1 fully saturated rings. The van der Waals surface area contributed by atoms with Gasteiger partial charge in [0.1, 0.15) is 19.3 Å². The van der Waals surface area contributed by atoms with Crippen LogP contribution >= 0.6 is 0 Å². The first-order valence-electron chi connectivity index (χ1n) is 11.4. The van der Waals surface area contributed by atoms with Crippen LogP contribution in [0.1, 0.15) is 44.2 Å². The molecule has 178 valence electrons. The summed E-state index contributed by atoms with van der Waals surface area (Å²) < 4.78 is 28.3. The first-order chi connectivity index (χ1) is 15.7. The van der Waals surface area contributed by atoms with Gasteiger partial charge in [-0.25, -0.2) is 0 Å². The van der Waals surface area contributed by atoms with E-state index in [1.807, 2.05) is 12.1 Å². The molecule has 0 aromatic carbocycles. The van der Waals surface area contributed by atoms with E-state index < -0.39 is 5.60 Å². The number of carbonyl (C=O) groups excluding carboxylic acids is 1. The molecule has 1 amide bonds. The lowest BCUT2D eigenvalue weighted by atomic mass is 9.78. The first-order valence-corrected chi connectivity index (χ1v) is 11.4. The molecule has 0 aliphatic carbocycles. The van der Waals surface area contributed by atoms with Crippen LogP contribution in [0.15, 0.2) is 30.5 Å². The molecule has 3 heterocycles. The van der Waals surface area contributed by atoms with Crippen molar-refractivity contribution >= 4 is 5.91 Å². The molecule has 0 unspecified atom stereocenters. The topological polar surface area (TPSA) is 79.3 Å². The lowest BCUT2D eigenvalue weighted by Gasteiger charge is -2.54. The van der Waals surface area contributed by atoms with Gasteiger partial charge < -0.3 is 28.6 Å². The van der Waals surface area contributed by atoms with Crippen LogP contribution in [0.25, 0.3) is 0 Å². The van der Waals surface area contributed by atoms with E-state index in [0.29, 0.717) is 26.2 Å². The molecular formula is C24H36N2O6. The maximum absolute atomic E-state index is 13.2. The summed E-state index contributed by atoms with van der Waals surface area (Å²) in [6, 6.07) is 3.43. The predicted octanol–water partition coefficient (Wildman–Crippen LogP) is 3.10. The Labute approximate surface area is 190 Å². The Morgan fingerprint density at radius 1 is 1.12 bits per heavy atom. The molecule has 8 heteroatoms. The van der Waals surface area contributed by atoms with E-state index in [-0.39, 0.29) is 25.5 Å². The molecule has 0 spiro atoms. The van der Waals surface area contributed by atoms with Gasteiger partial charge >= 0.3 is 0 Å². The van der Waals surface area contributed by atoms with Crippen LogP contribution in [-0.4, -0.2) is 75.0 Å². The zero-order valence-corrected chi connectivity index (χ0v) is 19.3. The number of nitrogens with zero attached hydrogens (tertiary/aromatic N) is 2. The zero-order chi connectivity index (χ0) is 22.7. The largest absolute Gasteiger partial charge is 0.493 e. The highest BCUT2D eigenvalue weighted by atomic mass is 16.7. The number of carbonyl (C=O) groups is 1. The fourth-order valence-corrected chi connectivity index (χ4v) is 4.15. The molecule has 1 saturated heterocycles. The highest BCUT2D eigenvalue weighted by Gasteiger charge is 2.62. The monoisotopic (exact) mass is 448 g/mol. The third kappa shape index (κ3) is 6.28. The molecule has 1 aromatic heterocycles. The number of ether oxygens (including phenoxy) is 5. The van der Waals surface area contributed by atoms with Crippen LogP contribution in [-0.2, 0) is 30.2 Å². The van der Waals surface area contributed by atoms with Gasteiger partial charge in [0.15, 0.2) is 5.60 Å². The quantitative estimate of drug-likeness (QED) is 0.389. The van der Waals surface area contributed by atoms with E-state index in [2.05, 4.69) is 17.1 Å². The Hall–Kier alpha value is -2.00. The minimum absolute atomic E-state index is 0.00554. The molecule has 2 aliphatic rings. The number of aromatic nitrogens is 1. The summed E-state index contributed by atoms with van der Waals surface area (Å²) in [6.45, 7) is 1.85. The molecule has 0 radical (unpaired) electrons. The summed E-state index contributed by atoms with van der Waals surface area (Å²) in [7, 11) is 3.12. The van der Waals surface area contributed by atoms with E-state index in [4.69, 9.17) is 23.7 Å². The molecule has 32 heavy (non-hydrogen) atoms. The average molecular weight is 449 g/mol. The highest BCUT2D eigenvalue weighted by Crippen LogP contribution is 2.38. The Bertz CT molecular complexity index is 743. The SMILES string of the molecule is COCO[C@]12Cc3cc(ccn3)OCCCCC=CCCCCOC[C@@H]1N(COC)C2=O. The maximum Gasteiger partial charge on any atom is 0.259 e. The lowest BCUT2D eigenvalue weighted by molar-refractivity contribution is -0.239. The first kappa shape index (κ1) is 24.6. The summed E-state index contributed by atoms with van der Waals surface area (Å²) in [6.07, 6.45) is 12.8. The van der Waals surface area contributed by atoms with Gasteiger partial charge in [0.2, 0.25) is 0 Å². The average Bonchev–Trinajstić information content (AvgIpc) is 2.81. The summed E-state index contributed by atoms with van der Waals surface area (Å²) >= 11 is 0. The second kappa shape index (κ2) is 12.9. The van der Waals surface area contributed by atoms with Crippen molar-refractivity contribution in [2.75, 3.05) is 47.6 Å². The molecule has 1 aromatic rings. The maximum atomic E-state index is 13.2. The Morgan fingerprint density at radius 2 is 1.91 bits per heavy atom. The second-order valence-corrected chi connectivity index (χ2v) is 8.19. The van der Waals surface area contributed by atoms with Crippen LogP contribution in [0.3, 0.4) is 0 Å². The van der Waals surface area contributed by atoms with Crippen molar-refractivity contribution in [3.8, 4) is 5.75 Å². The van der Waals surface area contributed by atoms with Crippen molar-refractivity contribution in [2.24, 2.45) is 0 Å². The molecule has 2 atom stereocenters. The number of allylic oxidation sites excluding steroid dienone is 2. The zero-order valence-electron chi connectivity index (χ0n) is 19.3. The number of hydrogen-bond acceptors (Lipinski definition) is 7. The molecule has 0 N–H and O–H groups in total. The van der Waals surface area contributed by atoms with Crippen LogP contribution in [0.4, 0.5) is 0 Å². The van der Waals surface area contributed by atoms with E-state index in [9.17, 15) is 4.79 Å². The van der Waals surface area contributed by atoms with Crippen LogP contribution in [0.2, 0.25) is 0 Å². The molecule has 2 bridgehead atoms. The summed E-state index contributed by atoms with van der Waals surface area (Å²) in [5.74, 6) is 0.604. The van der Waals surface area contributed by atoms with Crippen molar-refractivity contribution in [3.05, 3.63) is 36.2 Å². The smallest absolute Gasteiger partial charge is 0.259 e. The van der Waals surface area contributed by atoms with Gasteiger partial charge in [0.25, 0.3) is 5.91 Å². The minimum Gasteiger partial charge on any atom is -0.493 e. The Kier molecular flexibility index (Phi) is 9.92. The number of hydrogen-bond donors (Lipinski definition) is 0. The van der Waals surface area contributed by atoms with E-state index in [1.54, 1.807) is 25.3 Å². The Balaban J connectivity index is 1.81. The van der Waals surface area contributed by atoms with E-state index in [0.717, 1.165) is 50.0 Å². The van der Waals surface area contributed by atoms with Gasteiger partial charge in [-0.15, -0.1) is 0 Å². The normalized spacial score (nSPS) is 25.6. The number of fused-ring (bicyclic) bond motifs is 3.